The fourth-order valence-electron chi connectivity index (χ4n) is 2.13. The van der Waals surface area contributed by atoms with Crippen molar-refractivity contribution < 1.29 is 9.59 Å². The Morgan fingerprint density at radius 2 is 1.90 bits per heavy atom. The summed E-state index contributed by atoms with van der Waals surface area (Å²) in [5.41, 5.74) is 17.2. The quantitative estimate of drug-likeness (QED) is 0.655. The van der Waals surface area contributed by atoms with Gasteiger partial charge in [0, 0.05) is 27.2 Å². The van der Waals surface area contributed by atoms with Gasteiger partial charge < -0.3 is 17.2 Å². The van der Waals surface area contributed by atoms with Gasteiger partial charge in [0.2, 0.25) is 5.91 Å². The topological polar surface area (TPSA) is 125 Å². The summed E-state index contributed by atoms with van der Waals surface area (Å²) in [7, 11) is 0. The Bertz CT molecular complexity index is 885. The van der Waals surface area contributed by atoms with Gasteiger partial charge >= 0.3 is 0 Å². The Balaban J connectivity index is 2.46. The molecule has 1 aromatic carbocycles. The summed E-state index contributed by atoms with van der Waals surface area (Å²) in [5.74, 6) is -0.752. The van der Waals surface area contributed by atoms with Crippen molar-refractivity contribution in [1.29, 1.82) is 0 Å². The van der Waals surface area contributed by atoms with Crippen molar-refractivity contribution in [2.24, 2.45) is 11.5 Å². The van der Waals surface area contributed by atoms with Gasteiger partial charge in [0.15, 0.2) is 0 Å². The van der Waals surface area contributed by atoms with Crippen LogP contribution in [0.5, 0.6) is 0 Å². The number of nitrogens with two attached hydrogens (primary N) is 3. The number of primary amides is 2. The molecule has 20 heavy (non-hydrogen) atoms. The van der Waals surface area contributed by atoms with Gasteiger partial charge in [-0.3, -0.25) is 9.59 Å². The minimum atomic E-state index is -0.566. The third kappa shape index (κ3) is 1.68. The molecule has 3 rings (SSSR count). The van der Waals surface area contributed by atoms with E-state index < -0.39 is 11.8 Å². The standard InChI is InChI=1S/C13H10N4O2S/c14-11-9-6-2-1-5(12(15)18)3-8(6)20-10(9)7(4-17-11)13(16)19/h1-4H,(H2,14,17)(H2,15,18)(H2,16,19). The van der Waals surface area contributed by atoms with Crippen molar-refractivity contribution in [2.75, 3.05) is 5.73 Å². The Hall–Kier alpha value is -2.67. The molecule has 0 saturated heterocycles. The number of hydrogen-bond donors (Lipinski definition) is 3. The van der Waals surface area contributed by atoms with E-state index in [4.69, 9.17) is 17.2 Å². The molecule has 2 aromatic heterocycles. The number of pyridine rings is 1. The summed E-state index contributed by atoms with van der Waals surface area (Å²) >= 11 is 1.33. The lowest BCUT2D eigenvalue weighted by molar-refractivity contribution is 0.0992. The number of nitrogens with zero attached hydrogens (tertiary/aromatic N) is 1. The number of hydrogen-bond acceptors (Lipinski definition) is 5. The molecule has 0 bridgehead atoms. The van der Waals surface area contributed by atoms with E-state index in [1.165, 1.54) is 17.5 Å². The molecule has 7 heteroatoms. The summed E-state index contributed by atoms with van der Waals surface area (Å²) in [6.45, 7) is 0. The highest BCUT2D eigenvalue weighted by Gasteiger charge is 2.16. The highest BCUT2D eigenvalue weighted by Crippen LogP contribution is 2.38. The molecular formula is C13H10N4O2S. The van der Waals surface area contributed by atoms with E-state index in [1.807, 2.05) is 0 Å². The molecule has 0 fully saturated rings. The zero-order valence-electron chi connectivity index (χ0n) is 10.2. The number of thiophene rings is 1. The van der Waals surface area contributed by atoms with Crippen molar-refractivity contribution in [1.82, 2.24) is 4.98 Å². The van der Waals surface area contributed by atoms with Gasteiger partial charge in [-0.2, -0.15) is 0 Å². The lowest BCUT2D eigenvalue weighted by Crippen LogP contribution is -2.11. The van der Waals surface area contributed by atoms with E-state index in [0.717, 1.165) is 10.1 Å². The zero-order chi connectivity index (χ0) is 14.4. The lowest BCUT2D eigenvalue weighted by Gasteiger charge is -2.00. The number of rotatable bonds is 2. The molecule has 100 valence electrons. The lowest BCUT2D eigenvalue weighted by atomic mass is 10.1. The maximum absolute atomic E-state index is 11.5. The monoisotopic (exact) mass is 286 g/mol. The number of nitrogen functional groups attached to an aromatic ring is 1. The second-order valence-electron chi connectivity index (χ2n) is 4.30. The van der Waals surface area contributed by atoms with Crippen molar-refractivity contribution in [3.05, 3.63) is 35.5 Å². The molecule has 0 aliphatic rings. The van der Waals surface area contributed by atoms with E-state index >= 15 is 0 Å². The van der Waals surface area contributed by atoms with Gasteiger partial charge in [0.25, 0.3) is 5.91 Å². The van der Waals surface area contributed by atoms with E-state index in [-0.39, 0.29) is 0 Å². The molecule has 0 atom stereocenters. The van der Waals surface area contributed by atoms with Gasteiger partial charge in [-0.25, -0.2) is 4.98 Å². The molecule has 0 saturated carbocycles. The van der Waals surface area contributed by atoms with E-state index in [0.29, 0.717) is 27.0 Å². The summed E-state index contributed by atoms with van der Waals surface area (Å²) < 4.78 is 1.47. The SMILES string of the molecule is NC(=O)c1ccc2c(c1)sc1c(C(N)=O)cnc(N)c12. The fraction of sp³-hybridized carbons (Fsp3) is 0. The summed E-state index contributed by atoms with van der Waals surface area (Å²) in [5, 5.41) is 1.50. The van der Waals surface area contributed by atoms with Crippen molar-refractivity contribution >= 4 is 49.1 Å². The largest absolute Gasteiger partial charge is 0.383 e. The van der Waals surface area contributed by atoms with Crippen LogP contribution in [-0.2, 0) is 0 Å². The number of amides is 2. The minimum Gasteiger partial charge on any atom is -0.383 e. The summed E-state index contributed by atoms with van der Waals surface area (Å²) in [6, 6.07) is 5.04. The number of fused-ring (bicyclic) bond motifs is 3. The smallest absolute Gasteiger partial charge is 0.251 e. The van der Waals surface area contributed by atoms with E-state index in [9.17, 15) is 9.59 Å². The Labute approximate surface area is 117 Å². The number of anilines is 1. The van der Waals surface area contributed by atoms with Crippen LogP contribution >= 0.6 is 11.3 Å². The Morgan fingerprint density at radius 3 is 2.55 bits per heavy atom. The third-order valence-electron chi connectivity index (χ3n) is 3.07. The van der Waals surface area contributed by atoms with Crippen LogP contribution in [0.4, 0.5) is 5.82 Å². The molecule has 0 unspecified atom stereocenters. The summed E-state index contributed by atoms with van der Waals surface area (Å²) in [6.07, 6.45) is 1.37. The molecule has 3 aromatic rings. The van der Waals surface area contributed by atoms with Crippen LogP contribution in [0.1, 0.15) is 20.7 Å². The molecular weight excluding hydrogens is 276 g/mol. The van der Waals surface area contributed by atoms with Crippen LogP contribution in [0.15, 0.2) is 24.4 Å². The third-order valence-corrected chi connectivity index (χ3v) is 4.26. The molecule has 2 heterocycles. The van der Waals surface area contributed by atoms with Crippen molar-refractivity contribution in [3.63, 3.8) is 0 Å². The Morgan fingerprint density at radius 1 is 1.15 bits per heavy atom. The van der Waals surface area contributed by atoms with Crippen LogP contribution in [0.3, 0.4) is 0 Å². The second kappa shape index (κ2) is 4.17. The highest BCUT2D eigenvalue weighted by atomic mass is 32.1. The molecule has 6 nitrogen and oxygen atoms in total. The van der Waals surface area contributed by atoms with E-state index in [1.54, 1.807) is 18.2 Å². The molecule has 6 N–H and O–H groups in total. The fourth-order valence-corrected chi connectivity index (χ4v) is 3.39. The summed E-state index contributed by atoms with van der Waals surface area (Å²) in [4.78, 5) is 26.7. The van der Waals surface area contributed by atoms with E-state index in [2.05, 4.69) is 4.98 Å². The molecule has 0 aliphatic carbocycles. The first-order valence-electron chi connectivity index (χ1n) is 5.69. The Kier molecular flexibility index (Phi) is 2.58. The van der Waals surface area contributed by atoms with Gasteiger partial charge in [-0.05, 0) is 12.1 Å². The predicted molar refractivity (Wildman–Crippen MR) is 78.6 cm³/mol. The minimum absolute atomic E-state index is 0.316. The molecule has 2 amide bonds. The first-order chi connectivity index (χ1) is 9.49. The van der Waals surface area contributed by atoms with Crippen LogP contribution in [0.2, 0.25) is 0 Å². The average Bonchev–Trinajstić information content (AvgIpc) is 2.77. The first-order valence-corrected chi connectivity index (χ1v) is 6.51. The number of benzene rings is 1. The second-order valence-corrected chi connectivity index (χ2v) is 5.35. The van der Waals surface area contributed by atoms with Crippen LogP contribution in [0, 0.1) is 0 Å². The first kappa shape index (κ1) is 12.4. The number of carbonyl (C=O) groups excluding carboxylic acids is 2. The van der Waals surface area contributed by atoms with Crippen LogP contribution < -0.4 is 17.2 Å². The van der Waals surface area contributed by atoms with Crippen molar-refractivity contribution in [3.8, 4) is 0 Å². The van der Waals surface area contributed by atoms with Gasteiger partial charge in [0.05, 0.1) is 10.3 Å². The maximum Gasteiger partial charge on any atom is 0.251 e. The number of carbonyl (C=O) groups is 2. The zero-order valence-corrected chi connectivity index (χ0v) is 11.0. The number of aromatic nitrogens is 1. The molecule has 0 aliphatic heterocycles. The van der Waals surface area contributed by atoms with Crippen LogP contribution in [0.25, 0.3) is 20.2 Å². The maximum atomic E-state index is 11.5. The highest BCUT2D eigenvalue weighted by molar-refractivity contribution is 7.26. The van der Waals surface area contributed by atoms with Gasteiger partial charge in [-0.1, -0.05) is 6.07 Å². The predicted octanol–water partition coefficient (Wildman–Crippen LogP) is 1.23. The average molecular weight is 286 g/mol. The molecule has 0 radical (unpaired) electrons. The van der Waals surface area contributed by atoms with Crippen molar-refractivity contribution in [2.45, 2.75) is 0 Å². The van der Waals surface area contributed by atoms with Crippen LogP contribution in [-0.4, -0.2) is 16.8 Å². The van der Waals surface area contributed by atoms with Gasteiger partial charge in [-0.15, -0.1) is 11.3 Å². The van der Waals surface area contributed by atoms with Gasteiger partial charge in [0.1, 0.15) is 5.82 Å². The molecule has 0 spiro atoms. The normalized spacial score (nSPS) is 11.0.